The van der Waals surface area contributed by atoms with Crippen molar-refractivity contribution in [2.24, 2.45) is 0 Å². The standard InChI is InChI=1S/C5HF9O4/c6-2(7,1(15)16)17-5(13,14)18-4(11,12)3(8,9)10/h(H,15,16). The zero-order valence-electron chi connectivity index (χ0n) is 7.57. The SMILES string of the molecule is O=C(O)C(F)(F)OC(F)(F)OC(F)(F)C(F)(F)F. The third kappa shape index (κ3) is 4.21. The molecule has 0 saturated carbocycles. The molecule has 0 spiro atoms. The molecule has 0 aliphatic carbocycles. The molecule has 0 fully saturated rings. The van der Waals surface area contributed by atoms with Crippen LogP contribution in [0.3, 0.4) is 0 Å². The first-order valence-corrected chi connectivity index (χ1v) is 3.45. The molecule has 0 aromatic rings. The first kappa shape index (κ1) is 16.8. The van der Waals surface area contributed by atoms with Gasteiger partial charge in [-0.1, -0.05) is 0 Å². The summed E-state index contributed by atoms with van der Waals surface area (Å²) >= 11 is 0. The fourth-order valence-corrected chi connectivity index (χ4v) is 0.421. The van der Waals surface area contributed by atoms with Crippen LogP contribution in [-0.4, -0.2) is 35.8 Å². The van der Waals surface area contributed by atoms with Gasteiger partial charge in [0, 0.05) is 0 Å². The van der Waals surface area contributed by atoms with E-state index in [9.17, 15) is 44.3 Å². The quantitative estimate of drug-likeness (QED) is 0.625. The van der Waals surface area contributed by atoms with Gasteiger partial charge in [0.2, 0.25) is 0 Å². The van der Waals surface area contributed by atoms with Gasteiger partial charge in [-0.2, -0.15) is 30.7 Å². The molecular weight excluding hydrogens is 295 g/mol. The number of carboxylic acids is 1. The van der Waals surface area contributed by atoms with E-state index in [0.717, 1.165) is 0 Å². The van der Waals surface area contributed by atoms with Crippen molar-refractivity contribution in [1.29, 1.82) is 0 Å². The maximum Gasteiger partial charge on any atom is 0.495 e. The molecule has 0 aliphatic heterocycles. The van der Waals surface area contributed by atoms with Crippen LogP contribution < -0.4 is 0 Å². The van der Waals surface area contributed by atoms with Crippen molar-refractivity contribution in [2.45, 2.75) is 24.7 Å². The lowest BCUT2D eigenvalue weighted by Gasteiger charge is -2.25. The van der Waals surface area contributed by atoms with Gasteiger partial charge in [0.15, 0.2) is 0 Å². The summed E-state index contributed by atoms with van der Waals surface area (Å²) in [5.41, 5.74) is 0. The van der Waals surface area contributed by atoms with Gasteiger partial charge in [0.05, 0.1) is 0 Å². The number of aliphatic carboxylic acids is 1. The number of hydrogen-bond acceptors (Lipinski definition) is 3. The Morgan fingerprint density at radius 2 is 1.22 bits per heavy atom. The summed E-state index contributed by atoms with van der Waals surface area (Å²) in [7, 11) is 0. The summed E-state index contributed by atoms with van der Waals surface area (Å²) in [6, 6.07) is 0. The van der Waals surface area contributed by atoms with E-state index in [1.165, 1.54) is 0 Å². The minimum atomic E-state index is -6.64. The lowest BCUT2D eigenvalue weighted by atomic mass is 10.6. The van der Waals surface area contributed by atoms with Crippen molar-refractivity contribution in [3.05, 3.63) is 0 Å². The van der Waals surface area contributed by atoms with Gasteiger partial charge in [0.25, 0.3) is 0 Å². The highest BCUT2D eigenvalue weighted by molar-refractivity contribution is 5.73. The predicted octanol–water partition coefficient (Wildman–Crippen LogP) is 2.40. The van der Waals surface area contributed by atoms with E-state index in [0.29, 0.717) is 0 Å². The molecule has 0 aromatic carbocycles. The maximum absolute atomic E-state index is 12.1. The minimum Gasteiger partial charge on any atom is -0.475 e. The first-order valence-electron chi connectivity index (χ1n) is 3.45. The van der Waals surface area contributed by atoms with Crippen LogP contribution in [-0.2, 0) is 14.3 Å². The lowest BCUT2D eigenvalue weighted by molar-refractivity contribution is -0.538. The highest BCUT2D eigenvalue weighted by Gasteiger charge is 2.66. The number of carbonyl (C=O) groups is 1. The van der Waals surface area contributed by atoms with Gasteiger partial charge in [-0.05, 0) is 0 Å². The van der Waals surface area contributed by atoms with Gasteiger partial charge in [-0.3, -0.25) is 0 Å². The van der Waals surface area contributed by atoms with Gasteiger partial charge < -0.3 is 5.11 Å². The number of ether oxygens (including phenoxy) is 2. The minimum absolute atomic E-state index is 1.72. The Bertz CT molecular complexity index is 321. The van der Waals surface area contributed by atoms with E-state index in [1.54, 1.807) is 4.74 Å². The van der Waals surface area contributed by atoms with Crippen molar-refractivity contribution < 1.29 is 58.9 Å². The van der Waals surface area contributed by atoms with E-state index in [4.69, 9.17) is 5.11 Å². The van der Waals surface area contributed by atoms with Crippen LogP contribution in [0.25, 0.3) is 0 Å². The van der Waals surface area contributed by atoms with Crippen LogP contribution in [0, 0.1) is 0 Å². The van der Waals surface area contributed by atoms with E-state index in [-0.39, 0.29) is 0 Å². The van der Waals surface area contributed by atoms with Crippen molar-refractivity contribution in [3.8, 4) is 0 Å². The van der Waals surface area contributed by atoms with Gasteiger partial charge >= 0.3 is 30.7 Å². The van der Waals surface area contributed by atoms with E-state index < -0.39 is 30.7 Å². The lowest BCUT2D eigenvalue weighted by Crippen LogP contribution is -2.49. The summed E-state index contributed by atoms with van der Waals surface area (Å²) in [6.07, 6.45) is -25.1. The van der Waals surface area contributed by atoms with Crippen molar-refractivity contribution >= 4 is 5.97 Å². The Hall–Kier alpha value is -1.24. The van der Waals surface area contributed by atoms with Crippen LogP contribution in [0.15, 0.2) is 0 Å². The van der Waals surface area contributed by atoms with Crippen LogP contribution in [0.1, 0.15) is 0 Å². The second-order valence-electron chi connectivity index (χ2n) is 2.50. The second-order valence-corrected chi connectivity index (χ2v) is 2.50. The molecular formula is C5HF9O4. The highest BCUT2D eigenvalue weighted by Crippen LogP contribution is 2.42. The molecule has 0 unspecified atom stereocenters. The first-order chi connectivity index (χ1) is 7.61. The third-order valence-corrected chi connectivity index (χ3v) is 1.07. The summed E-state index contributed by atoms with van der Waals surface area (Å²) < 4.78 is 110. The molecule has 108 valence electrons. The smallest absolute Gasteiger partial charge is 0.475 e. The largest absolute Gasteiger partial charge is 0.495 e. The monoisotopic (exact) mass is 296 g/mol. The molecule has 0 radical (unpaired) electrons. The molecule has 0 rings (SSSR count). The van der Waals surface area contributed by atoms with E-state index in [2.05, 4.69) is 0 Å². The average Bonchev–Trinajstić information content (AvgIpc) is 1.95. The molecule has 0 aromatic heterocycles. The van der Waals surface area contributed by atoms with Crippen LogP contribution >= 0.6 is 0 Å². The Morgan fingerprint density at radius 3 is 1.50 bits per heavy atom. The summed E-state index contributed by atoms with van der Waals surface area (Å²) in [6.45, 7) is 0. The molecule has 18 heavy (non-hydrogen) atoms. The number of halogens is 9. The molecule has 1 N–H and O–H groups in total. The molecule has 0 atom stereocenters. The molecule has 4 nitrogen and oxygen atoms in total. The Kier molecular flexibility index (Phi) is 4.15. The zero-order valence-corrected chi connectivity index (χ0v) is 7.57. The maximum atomic E-state index is 12.1. The van der Waals surface area contributed by atoms with Crippen molar-refractivity contribution in [2.75, 3.05) is 0 Å². The molecule has 0 aliphatic rings. The van der Waals surface area contributed by atoms with Crippen LogP contribution in [0.2, 0.25) is 0 Å². The second kappa shape index (κ2) is 4.46. The average molecular weight is 296 g/mol. The molecule has 0 heterocycles. The van der Waals surface area contributed by atoms with E-state index in [1.807, 2.05) is 4.74 Å². The fourth-order valence-electron chi connectivity index (χ4n) is 0.421. The topological polar surface area (TPSA) is 55.8 Å². The summed E-state index contributed by atoms with van der Waals surface area (Å²) in [4.78, 5) is 9.59. The number of carboxylic acid groups (broad SMARTS) is 1. The number of rotatable bonds is 5. The van der Waals surface area contributed by atoms with Gasteiger partial charge in [0.1, 0.15) is 0 Å². The predicted molar refractivity (Wildman–Crippen MR) is 30.7 cm³/mol. The van der Waals surface area contributed by atoms with Crippen LogP contribution in [0.4, 0.5) is 39.5 Å². The summed E-state index contributed by atoms with van der Waals surface area (Å²) in [5, 5.41) is 7.59. The molecule has 0 amide bonds. The number of hydrogen-bond donors (Lipinski definition) is 1. The number of alkyl halides is 9. The van der Waals surface area contributed by atoms with Crippen molar-refractivity contribution in [3.63, 3.8) is 0 Å². The Balaban J connectivity index is 4.93. The van der Waals surface area contributed by atoms with Crippen molar-refractivity contribution in [1.82, 2.24) is 0 Å². The normalized spacial score (nSPS) is 14.7. The zero-order chi connectivity index (χ0) is 15.0. The molecule has 13 heteroatoms. The highest BCUT2D eigenvalue weighted by atomic mass is 19.4. The molecule has 0 saturated heterocycles. The Labute approximate surface area is 90.9 Å². The Morgan fingerprint density at radius 1 is 0.833 bits per heavy atom. The fraction of sp³-hybridized carbons (Fsp3) is 0.800. The van der Waals surface area contributed by atoms with Crippen LogP contribution in [0.5, 0.6) is 0 Å². The van der Waals surface area contributed by atoms with Gasteiger partial charge in [-0.15, -0.1) is 8.78 Å². The van der Waals surface area contributed by atoms with Gasteiger partial charge in [-0.25, -0.2) is 14.3 Å². The third-order valence-electron chi connectivity index (χ3n) is 1.07. The van der Waals surface area contributed by atoms with E-state index >= 15 is 0 Å². The molecule has 0 bridgehead atoms. The summed E-state index contributed by atoms with van der Waals surface area (Å²) in [5.74, 6) is -3.35.